The van der Waals surface area contributed by atoms with Crippen LogP contribution in [0.2, 0.25) is 0 Å². The van der Waals surface area contributed by atoms with Crippen molar-refractivity contribution in [2.75, 3.05) is 4.72 Å². The van der Waals surface area contributed by atoms with Gasteiger partial charge in [-0.25, -0.2) is 13.4 Å². The predicted octanol–water partition coefficient (Wildman–Crippen LogP) is 4.60. The van der Waals surface area contributed by atoms with Crippen LogP contribution in [0.15, 0.2) is 65.3 Å². The summed E-state index contributed by atoms with van der Waals surface area (Å²) in [6, 6.07) is 11.7. The van der Waals surface area contributed by atoms with Gasteiger partial charge in [-0.05, 0) is 59.0 Å². The van der Waals surface area contributed by atoms with E-state index in [1.54, 1.807) is 23.8 Å². The average molecular weight is 549 g/mol. The number of nitrogens with one attached hydrogen (secondary N) is 2. The zero-order chi connectivity index (χ0) is 21.1. The lowest BCUT2D eigenvalue weighted by Gasteiger charge is -2.13. The van der Waals surface area contributed by atoms with Gasteiger partial charge in [-0.3, -0.25) is 9.82 Å². The molecule has 2 aromatic heterocycles. The van der Waals surface area contributed by atoms with Crippen LogP contribution < -0.4 is 9.46 Å². The summed E-state index contributed by atoms with van der Waals surface area (Å²) in [5, 5.41) is 18.2. The fourth-order valence-corrected chi connectivity index (χ4v) is 4.94. The summed E-state index contributed by atoms with van der Waals surface area (Å²) in [5.74, 6) is 0.765. The van der Waals surface area contributed by atoms with Crippen molar-refractivity contribution in [3.8, 4) is 28.7 Å². The predicted molar refractivity (Wildman–Crippen MR) is 121 cm³/mol. The Morgan fingerprint density at radius 3 is 2.73 bits per heavy atom. The first-order valence-corrected chi connectivity index (χ1v) is 11.8. The fraction of sp³-hybridized carbons (Fsp3) is 0. The van der Waals surface area contributed by atoms with Gasteiger partial charge in [0, 0.05) is 32.5 Å². The van der Waals surface area contributed by atoms with Gasteiger partial charge in [-0.2, -0.15) is 10.4 Å². The molecule has 0 amide bonds. The standard InChI is InChI=1S/C19H12IN5O3S2/c20-14-1-3-18(16(8-14)13-10-23-24-11-13)28-17-4-2-15(7-12(17)9-21)30(26,27)25-19-22-5-6-29-19/h1-8,10-11H,(H,22,25)(H,23,24). The molecule has 0 aliphatic carbocycles. The molecule has 4 aromatic rings. The number of rotatable bonds is 6. The Bertz CT molecular complexity index is 1330. The number of benzene rings is 2. The summed E-state index contributed by atoms with van der Waals surface area (Å²) < 4.78 is 34.5. The Hall–Kier alpha value is -2.95. The van der Waals surface area contributed by atoms with Crippen LogP contribution in [0.1, 0.15) is 5.56 Å². The normalized spacial score (nSPS) is 11.1. The van der Waals surface area contributed by atoms with Gasteiger partial charge in [-0.15, -0.1) is 11.3 Å². The molecule has 0 radical (unpaired) electrons. The van der Waals surface area contributed by atoms with Gasteiger partial charge in [0.25, 0.3) is 10.0 Å². The Morgan fingerprint density at radius 1 is 1.20 bits per heavy atom. The average Bonchev–Trinajstić information content (AvgIpc) is 3.43. The van der Waals surface area contributed by atoms with Gasteiger partial charge in [0.15, 0.2) is 5.13 Å². The van der Waals surface area contributed by atoms with Crippen LogP contribution in [0.4, 0.5) is 5.13 Å². The lowest BCUT2D eigenvalue weighted by molar-refractivity contribution is 0.482. The highest BCUT2D eigenvalue weighted by Crippen LogP contribution is 2.36. The molecular weight excluding hydrogens is 537 g/mol. The second-order valence-electron chi connectivity index (χ2n) is 5.94. The summed E-state index contributed by atoms with van der Waals surface area (Å²) in [4.78, 5) is 3.86. The zero-order valence-corrected chi connectivity index (χ0v) is 18.8. The molecule has 4 rings (SSSR count). The molecule has 8 nitrogen and oxygen atoms in total. The monoisotopic (exact) mass is 549 g/mol. The second-order valence-corrected chi connectivity index (χ2v) is 9.76. The molecule has 11 heteroatoms. The summed E-state index contributed by atoms with van der Waals surface area (Å²) >= 11 is 3.36. The van der Waals surface area contributed by atoms with Gasteiger partial charge in [0.2, 0.25) is 0 Å². The molecule has 0 saturated carbocycles. The van der Waals surface area contributed by atoms with E-state index in [-0.39, 0.29) is 21.3 Å². The van der Waals surface area contributed by atoms with E-state index in [0.717, 1.165) is 26.0 Å². The second kappa shape index (κ2) is 8.42. The first kappa shape index (κ1) is 20.3. The first-order chi connectivity index (χ1) is 14.5. The van der Waals surface area contributed by atoms with E-state index in [2.05, 4.69) is 42.5 Å². The largest absolute Gasteiger partial charge is 0.455 e. The van der Waals surface area contributed by atoms with Crippen molar-refractivity contribution in [2.45, 2.75) is 4.90 Å². The van der Waals surface area contributed by atoms with E-state index >= 15 is 0 Å². The summed E-state index contributed by atoms with van der Waals surface area (Å²) in [7, 11) is -3.88. The molecule has 0 atom stereocenters. The van der Waals surface area contributed by atoms with E-state index in [1.165, 1.54) is 24.4 Å². The molecule has 0 unspecified atom stereocenters. The highest BCUT2D eigenvalue weighted by molar-refractivity contribution is 14.1. The van der Waals surface area contributed by atoms with E-state index in [9.17, 15) is 13.7 Å². The SMILES string of the molecule is N#Cc1cc(S(=O)(=O)Nc2nccs2)ccc1Oc1ccc(I)cc1-c1cn[nH]c1. The minimum Gasteiger partial charge on any atom is -0.455 e. The van der Waals surface area contributed by atoms with Crippen molar-refractivity contribution >= 4 is 49.1 Å². The molecular formula is C19H12IN5O3S2. The number of nitriles is 1. The van der Waals surface area contributed by atoms with Gasteiger partial charge < -0.3 is 4.74 Å². The van der Waals surface area contributed by atoms with Crippen LogP contribution in [0.5, 0.6) is 11.5 Å². The molecule has 2 aromatic carbocycles. The number of H-pyrrole nitrogens is 1. The Morgan fingerprint density at radius 2 is 2.03 bits per heavy atom. The maximum absolute atomic E-state index is 12.6. The molecule has 0 aliphatic heterocycles. The summed E-state index contributed by atoms with van der Waals surface area (Å²) in [5.41, 5.74) is 1.71. The molecule has 0 fully saturated rings. The summed E-state index contributed by atoms with van der Waals surface area (Å²) in [6.45, 7) is 0. The highest BCUT2D eigenvalue weighted by atomic mass is 127. The van der Waals surface area contributed by atoms with Gasteiger partial charge in [0.1, 0.15) is 17.6 Å². The fourth-order valence-electron chi connectivity index (χ4n) is 2.63. The van der Waals surface area contributed by atoms with Crippen LogP contribution in [-0.4, -0.2) is 23.6 Å². The van der Waals surface area contributed by atoms with Crippen LogP contribution in [0, 0.1) is 14.9 Å². The molecule has 150 valence electrons. The van der Waals surface area contributed by atoms with Crippen molar-refractivity contribution in [3.05, 3.63) is 69.5 Å². The maximum Gasteiger partial charge on any atom is 0.263 e. The topological polar surface area (TPSA) is 121 Å². The van der Waals surface area contributed by atoms with Crippen molar-refractivity contribution in [1.82, 2.24) is 15.2 Å². The van der Waals surface area contributed by atoms with Gasteiger partial charge in [-0.1, -0.05) is 0 Å². The van der Waals surface area contributed by atoms with Crippen molar-refractivity contribution < 1.29 is 13.2 Å². The lowest BCUT2D eigenvalue weighted by Crippen LogP contribution is -2.13. The molecule has 2 N–H and O–H groups in total. The van der Waals surface area contributed by atoms with Crippen molar-refractivity contribution in [2.24, 2.45) is 0 Å². The number of hydrogen-bond donors (Lipinski definition) is 2. The highest BCUT2D eigenvalue weighted by Gasteiger charge is 2.19. The van der Waals surface area contributed by atoms with Crippen LogP contribution in [0.3, 0.4) is 0 Å². The number of hydrogen-bond acceptors (Lipinski definition) is 7. The minimum atomic E-state index is -3.88. The lowest BCUT2D eigenvalue weighted by atomic mass is 10.1. The summed E-state index contributed by atoms with van der Waals surface area (Å²) in [6.07, 6.45) is 4.91. The van der Waals surface area contributed by atoms with Crippen LogP contribution in [-0.2, 0) is 10.0 Å². The molecule has 0 spiro atoms. The number of sulfonamides is 1. The number of anilines is 1. The van der Waals surface area contributed by atoms with E-state index < -0.39 is 10.0 Å². The van der Waals surface area contributed by atoms with E-state index in [1.807, 2.05) is 18.2 Å². The Balaban J connectivity index is 1.68. The van der Waals surface area contributed by atoms with Gasteiger partial charge >= 0.3 is 0 Å². The third kappa shape index (κ3) is 4.30. The number of aromatic amines is 1. The van der Waals surface area contributed by atoms with Crippen molar-refractivity contribution in [1.29, 1.82) is 5.26 Å². The number of ether oxygens (including phenoxy) is 1. The Labute approximate surface area is 189 Å². The number of aromatic nitrogens is 3. The third-order valence-corrected chi connectivity index (χ3v) is 6.83. The molecule has 0 aliphatic rings. The van der Waals surface area contributed by atoms with Crippen LogP contribution in [0.25, 0.3) is 11.1 Å². The Kier molecular flexibility index (Phi) is 5.71. The number of nitrogens with zero attached hydrogens (tertiary/aromatic N) is 3. The van der Waals surface area contributed by atoms with Crippen LogP contribution >= 0.6 is 33.9 Å². The molecule has 2 heterocycles. The molecule has 0 bridgehead atoms. The number of thiazole rings is 1. The van der Waals surface area contributed by atoms with E-state index in [4.69, 9.17) is 4.74 Å². The molecule has 30 heavy (non-hydrogen) atoms. The third-order valence-electron chi connectivity index (χ3n) is 4.01. The zero-order valence-electron chi connectivity index (χ0n) is 15.0. The van der Waals surface area contributed by atoms with Gasteiger partial charge in [0.05, 0.1) is 16.7 Å². The van der Waals surface area contributed by atoms with Crippen molar-refractivity contribution in [3.63, 3.8) is 0 Å². The molecule has 0 saturated heterocycles. The smallest absolute Gasteiger partial charge is 0.263 e. The quantitative estimate of drug-likeness (QED) is 0.339. The van der Waals surface area contributed by atoms with E-state index in [0.29, 0.717) is 5.75 Å². The maximum atomic E-state index is 12.6. The first-order valence-electron chi connectivity index (χ1n) is 8.39. The number of halogens is 1. The minimum absolute atomic E-state index is 0.0562.